The molecule has 0 bridgehead atoms. The number of hydrogen-bond acceptors (Lipinski definition) is 6. The lowest BCUT2D eigenvalue weighted by Gasteiger charge is -2.41. The summed E-state index contributed by atoms with van der Waals surface area (Å²) in [4.78, 5) is 19.3. The van der Waals surface area contributed by atoms with Crippen LogP contribution < -0.4 is 10.2 Å². The minimum atomic E-state index is 0.131. The molecule has 5 heterocycles. The molecule has 0 saturated carbocycles. The number of amides is 1. The molecule has 38 heavy (non-hydrogen) atoms. The Labute approximate surface area is 226 Å². The Morgan fingerprint density at radius 2 is 1.95 bits per heavy atom. The summed E-state index contributed by atoms with van der Waals surface area (Å²) in [5, 5.41) is 18.3. The molecule has 0 unspecified atom stereocenters. The van der Waals surface area contributed by atoms with E-state index in [2.05, 4.69) is 38.9 Å². The van der Waals surface area contributed by atoms with Crippen LogP contribution >= 0.6 is 0 Å². The fourth-order valence-electron chi connectivity index (χ4n) is 7.15. The molecule has 1 aromatic heterocycles. The third-order valence-electron chi connectivity index (χ3n) is 9.41. The number of nitrogens with zero attached hydrogens (tertiary/aromatic N) is 6. The first kappa shape index (κ1) is 25.4. The van der Waals surface area contributed by atoms with Gasteiger partial charge in [-0.3, -0.25) is 9.48 Å². The molecule has 8 nitrogen and oxygen atoms in total. The quantitative estimate of drug-likeness (QED) is 0.668. The van der Waals surface area contributed by atoms with Crippen LogP contribution in [0, 0.1) is 16.7 Å². The van der Waals surface area contributed by atoms with E-state index in [0.29, 0.717) is 23.6 Å². The van der Waals surface area contributed by atoms with Gasteiger partial charge in [0.25, 0.3) is 0 Å². The summed E-state index contributed by atoms with van der Waals surface area (Å²) in [6.45, 7) is 12.2. The zero-order valence-electron chi connectivity index (χ0n) is 23.0. The van der Waals surface area contributed by atoms with E-state index in [1.165, 1.54) is 36.2 Å². The summed E-state index contributed by atoms with van der Waals surface area (Å²) in [5.74, 6) is 1.15. The minimum absolute atomic E-state index is 0.131. The average molecular weight is 516 g/mol. The van der Waals surface area contributed by atoms with Crippen molar-refractivity contribution in [2.24, 2.45) is 5.41 Å². The van der Waals surface area contributed by atoms with E-state index in [1.54, 1.807) is 6.92 Å². The first-order chi connectivity index (χ1) is 18.4. The number of fused-ring (bicyclic) bond motifs is 2. The van der Waals surface area contributed by atoms with Crippen LogP contribution in [0.4, 0.5) is 11.5 Å². The fourth-order valence-corrected chi connectivity index (χ4v) is 7.15. The lowest BCUT2D eigenvalue weighted by molar-refractivity contribution is -0.129. The van der Waals surface area contributed by atoms with Crippen LogP contribution in [0.3, 0.4) is 0 Å². The van der Waals surface area contributed by atoms with Gasteiger partial charge in [-0.05, 0) is 80.8 Å². The number of aromatic nitrogens is 2. The minimum Gasteiger partial charge on any atom is -0.338 e. The molecule has 2 saturated heterocycles. The highest BCUT2D eigenvalue weighted by molar-refractivity contribution is 5.75. The van der Waals surface area contributed by atoms with Crippen molar-refractivity contribution >= 4 is 17.4 Å². The molecule has 202 valence electrons. The maximum atomic E-state index is 12.3. The first-order valence-corrected chi connectivity index (χ1v) is 14.5. The normalized spacial score (nSPS) is 22.0. The summed E-state index contributed by atoms with van der Waals surface area (Å²) in [6, 6.07) is 8.73. The molecule has 2 aromatic rings. The molecule has 1 aromatic carbocycles. The lowest BCUT2D eigenvalue weighted by atomic mass is 9.80. The standard InChI is InChI=1S/C30H41N7O/c1-22(38)35-17-9-28-26(20-35)29(36-14-3-4-24-18-23(19-31)5-6-27(24)36)33-37(28)25-7-15-34(16-8-25)21-30(2)10-12-32-13-11-30/h5-6,18,25,32H,3-4,7-17,20-21H2,1-2H3. The Bertz CT molecular complexity index is 1230. The monoisotopic (exact) mass is 515 g/mol. The van der Waals surface area contributed by atoms with Crippen molar-refractivity contribution in [3.8, 4) is 6.07 Å². The second-order valence-electron chi connectivity index (χ2n) is 12.2. The van der Waals surface area contributed by atoms with Gasteiger partial charge in [-0.2, -0.15) is 10.4 Å². The highest BCUT2D eigenvalue weighted by Crippen LogP contribution is 2.40. The molecule has 0 atom stereocenters. The zero-order chi connectivity index (χ0) is 26.3. The van der Waals surface area contributed by atoms with Crippen molar-refractivity contribution in [2.45, 2.75) is 71.4 Å². The zero-order valence-corrected chi connectivity index (χ0v) is 23.0. The molecule has 0 radical (unpaired) electrons. The number of nitriles is 1. The van der Waals surface area contributed by atoms with Crippen LogP contribution in [0.15, 0.2) is 18.2 Å². The van der Waals surface area contributed by atoms with Crippen molar-refractivity contribution in [2.75, 3.05) is 50.7 Å². The van der Waals surface area contributed by atoms with Crippen molar-refractivity contribution in [3.05, 3.63) is 40.6 Å². The Hall–Kier alpha value is -2.89. The van der Waals surface area contributed by atoms with E-state index in [9.17, 15) is 10.1 Å². The van der Waals surface area contributed by atoms with Crippen LogP contribution in [-0.4, -0.2) is 71.3 Å². The number of anilines is 2. The molecular weight excluding hydrogens is 474 g/mol. The maximum absolute atomic E-state index is 12.3. The van der Waals surface area contributed by atoms with Crippen LogP contribution in [0.2, 0.25) is 0 Å². The Balaban J connectivity index is 1.27. The van der Waals surface area contributed by atoms with E-state index in [-0.39, 0.29) is 5.91 Å². The van der Waals surface area contributed by atoms with E-state index in [0.717, 1.165) is 82.9 Å². The molecule has 6 rings (SSSR count). The molecule has 0 aliphatic carbocycles. The fraction of sp³-hybridized carbons (Fsp3) is 0.633. The third-order valence-corrected chi connectivity index (χ3v) is 9.41. The van der Waals surface area contributed by atoms with Crippen molar-refractivity contribution in [3.63, 3.8) is 0 Å². The summed E-state index contributed by atoms with van der Waals surface area (Å²) in [7, 11) is 0. The van der Waals surface area contributed by atoms with Crippen molar-refractivity contribution < 1.29 is 4.79 Å². The molecular formula is C30H41N7O. The van der Waals surface area contributed by atoms with Crippen LogP contribution in [-0.2, 0) is 24.2 Å². The SMILES string of the molecule is CC(=O)N1CCc2c(c(N3CCCc4cc(C#N)ccc43)nn2C2CCN(CC3(C)CCNCC3)CC2)C1. The van der Waals surface area contributed by atoms with Crippen molar-refractivity contribution in [1.29, 1.82) is 5.26 Å². The molecule has 0 spiro atoms. The Kier molecular flexibility index (Phi) is 6.92. The molecule has 1 amide bonds. The molecule has 2 fully saturated rings. The summed E-state index contributed by atoms with van der Waals surface area (Å²) in [5.41, 5.74) is 6.06. The predicted molar refractivity (Wildman–Crippen MR) is 148 cm³/mol. The number of hydrogen-bond donors (Lipinski definition) is 1. The average Bonchev–Trinajstić information content (AvgIpc) is 3.31. The van der Waals surface area contributed by atoms with Gasteiger partial charge in [-0.15, -0.1) is 0 Å². The highest BCUT2D eigenvalue weighted by Gasteiger charge is 2.35. The Morgan fingerprint density at radius 3 is 2.68 bits per heavy atom. The lowest BCUT2D eigenvalue weighted by Crippen LogP contribution is -2.46. The van der Waals surface area contributed by atoms with Gasteiger partial charge in [0.05, 0.1) is 24.2 Å². The number of rotatable bonds is 4. The van der Waals surface area contributed by atoms with Crippen LogP contribution in [0.1, 0.15) is 74.4 Å². The third kappa shape index (κ3) is 4.83. The van der Waals surface area contributed by atoms with Gasteiger partial charge in [0, 0.05) is 63.0 Å². The summed E-state index contributed by atoms with van der Waals surface area (Å²) in [6.07, 6.45) is 7.66. The Morgan fingerprint density at radius 1 is 1.16 bits per heavy atom. The number of carbonyl (C=O) groups excluding carboxylic acids is 1. The van der Waals surface area contributed by atoms with E-state index >= 15 is 0 Å². The summed E-state index contributed by atoms with van der Waals surface area (Å²) < 4.78 is 2.35. The number of carbonyl (C=O) groups is 1. The van der Waals surface area contributed by atoms with E-state index < -0.39 is 0 Å². The van der Waals surface area contributed by atoms with Crippen LogP contribution in [0.5, 0.6) is 0 Å². The highest BCUT2D eigenvalue weighted by atomic mass is 16.2. The van der Waals surface area contributed by atoms with Gasteiger partial charge in [-0.1, -0.05) is 6.92 Å². The molecule has 1 N–H and O–H groups in total. The van der Waals surface area contributed by atoms with Gasteiger partial charge in [-0.25, -0.2) is 0 Å². The number of likely N-dealkylation sites (tertiary alicyclic amines) is 1. The molecule has 8 heteroatoms. The number of nitrogens with one attached hydrogen (secondary N) is 1. The summed E-state index contributed by atoms with van der Waals surface area (Å²) >= 11 is 0. The number of benzene rings is 1. The van der Waals surface area contributed by atoms with Crippen LogP contribution in [0.25, 0.3) is 0 Å². The second kappa shape index (κ2) is 10.3. The van der Waals surface area contributed by atoms with E-state index in [4.69, 9.17) is 5.10 Å². The number of aryl methyl sites for hydroxylation is 1. The number of piperidine rings is 2. The van der Waals surface area contributed by atoms with Gasteiger partial charge >= 0.3 is 0 Å². The first-order valence-electron chi connectivity index (χ1n) is 14.5. The van der Waals surface area contributed by atoms with Crippen molar-refractivity contribution in [1.82, 2.24) is 24.9 Å². The van der Waals surface area contributed by atoms with E-state index in [1.807, 2.05) is 17.0 Å². The second-order valence-corrected chi connectivity index (χ2v) is 12.2. The van der Waals surface area contributed by atoms with Gasteiger partial charge in [0.15, 0.2) is 5.82 Å². The largest absolute Gasteiger partial charge is 0.338 e. The van der Waals surface area contributed by atoms with Gasteiger partial charge in [0.1, 0.15) is 0 Å². The molecule has 4 aliphatic heterocycles. The maximum Gasteiger partial charge on any atom is 0.219 e. The predicted octanol–water partition coefficient (Wildman–Crippen LogP) is 3.77. The topological polar surface area (TPSA) is 80.4 Å². The van der Waals surface area contributed by atoms with Gasteiger partial charge < -0.3 is 20.0 Å². The molecule has 4 aliphatic rings. The smallest absolute Gasteiger partial charge is 0.219 e. The van der Waals surface area contributed by atoms with Gasteiger partial charge in [0.2, 0.25) is 5.91 Å².